The molecular formula is C34H27NO3. The monoisotopic (exact) mass is 497 g/mol. The lowest BCUT2D eigenvalue weighted by molar-refractivity contribution is 0.268. The minimum absolute atomic E-state index is 0.359. The number of pyridine rings is 1. The highest BCUT2D eigenvalue weighted by molar-refractivity contribution is 5.76. The summed E-state index contributed by atoms with van der Waals surface area (Å²) >= 11 is 0. The van der Waals surface area contributed by atoms with Crippen LogP contribution in [-0.2, 0) is 19.8 Å². The zero-order chi connectivity index (χ0) is 26.0. The fraction of sp³-hybridized carbons (Fsp3) is 0.0882. The molecule has 0 aliphatic rings. The summed E-state index contributed by atoms with van der Waals surface area (Å²) in [6.45, 7) is 1.19. The molecule has 0 saturated heterocycles. The Morgan fingerprint density at radius 2 is 1.11 bits per heavy atom. The van der Waals surface area contributed by atoms with Gasteiger partial charge in [0.25, 0.3) is 0 Å². The Hall–Kier alpha value is -5.01. The second-order valence-electron chi connectivity index (χ2n) is 8.68. The summed E-state index contributed by atoms with van der Waals surface area (Å²) < 4.78 is 18.5. The summed E-state index contributed by atoms with van der Waals surface area (Å²) in [7, 11) is 0. The number of hydrogen-bond acceptors (Lipinski definition) is 4. The lowest BCUT2D eigenvalue weighted by atomic mass is 10.0. The largest absolute Gasteiger partial charge is 0.488 e. The van der Waals surface area contributed by atoms with Crippen molar-refractivity contribution in [1.82, 2.24) is 4.98 Å². The van der Waals surface area contributed by atoms with Crippen LogP contribution in [0, 0.1) is 12.3 Å². The third-order valence-corrected chi connectivity index (χ3v) is 5.96. The third kappa shape index (κ3) is 6.40. The van der Waals surface area contributed by atoms with E-state index in [2.05, 4.69) is 5.92 Å². The molecular weight excluding hydrogens is 470 g/mol. The average molecular weight is 498 g/mol. The molecule has 38 heavy (non-hydrogen) atoms. The van der Waals surface area contributed by atoms with Crippen LogP contribution >= 0.6 is 0 Å². The number of ether oxygens (including phenoxy) is 3. The molecule has 186 valence electrons. The summed E-state index contributed by atoms with van der Waals surface area (Å²) in [6.07, 6.45) is 5.75. The first-order valence-electron chi connectivity index (χ1n) is 12.4. The molecule has 0 aliphatic carbocycles. The SMILES string of the molecule is C#Cc1ccc(OCc2ccccc2)c(-c2ccc(OCc3ccccc3)nc2OCc2ccccc2)c1. The molecule has 0 amide bonds. The van der Waals surface area contributed by atoms with Crippen LogP contribution < -0.4 is 14.2 Å². The average Bonchev–Trinajstić information content (AvgIpc) is 2.99. The molecule has 4 aromatic carbocycles. The van der Waals surface area contributed by atoms with Gasteiger partial charge in [-0.2, -0.15) is 4.98 Å². The number of aromatic nitrogens is 1. The molecule has 0 bridgehead atoms. The molecule has 5 rings (SSSR count). The van der Waals surface area contributed by atoms with Crippen molar-refractivity contribution in [2.45, 2.75) is 19.8 Å². The Morgan fingerprint density at radius 3 is 1.68 bits per heavy atom. The Kier molecular flexibility index (Phi) is 7.98. The van der Waals surface area contributed by atoms with Crippen molar-refractivity contribution in [2.75, 3.05) is 0 Å². The van der Waals surface area contributed by atoms with E-state index in [1.807, 2.05) is 121 Å². The molecule has 4 nitrogen and oxygen atoms in total. The molecule has 0 fully saturated rings. The second kappa shape index (κ2) is 12.3. The number of benzene rings is 4. The Labute approximate surface area is 223 Å². The fourth-order valence-corrected chi connectivity index (χ4v) is 3.97. The van der Waals surface area contributed by atoms with Gasteiger partial charge in [-0.1, -0.05) is 96.9 Å². The van der Waals surface area contributed by atoms with Gasteiger partial charge in [-0.15, -0.1) is 6.42 Å². The molecule has 5 aromatic rings. The highest BCUT2D eigenvalue weighted by Crippen LogP contribution is 2.38. The van der Waals surface area contributed by atoms with E-state index < -0.39 is 0 Å². The van der Waals surface area contributed by atoms with Gasteiger partial charge in [0, 0.05) is 22.8 Å². The van der Waals surface area contributed by atoms with E-state index in [1.165, 1.54) is 0 Å². The number of rotatable bonds is 10. The van der Waals surface area contributed by atoms with Gasteiger partial charge in [0.05, 0.1) is 0 Å². The van der Waals surface area contributed by atoms with Gasteiger partial charge in [-0.25, -0.2) is 0 Å². The molecule has 0 spiro atoms. The molecule has 0 saturated carbocycles. The first-order chi connectivity index (χ1) is 18.8. The van der Waals surface area contributed by atoms with E-state index in [-0.39, 0.29) is 0 Å². The van der Waals surface area contributed by atoms with Gasteiger partial charge < -0.3 is 14.2 Å². The van der Waals surface area contributed by atoms with Gasteiger partial charge >= 0.3 is 0 Å². The minimum atomic E-state index is 0.359. The molecule has 0 atom stereocenters. The van der Waals surface area contributed by atoms with Crippen LogP contribution in [-0.4, -0.2) is 4.98 Å². The second-order valence-corrected chi connectivity index (χ2v) is 8.68. The van der Waals surface area contributed by atoms with Crippen LogP contribution in [0.3, 0.4) is 0 Å². The summed E-state index contributed by atoms with van der Waals surface area (Å²) in [4.78, 5) is 4.74. The standard InChI is InChI=1S/C34H27NO3/c1-2-26-18-20-32(36-23-27-12-6-3-7-13-27)31(22-26)30-19-21-33(37-24-28-14-8-4-9-15-28)35-34(30)38-25-29-16-10-5-11-17-29/h1,3-22H,23-25H2. The van der Waals surface area contributed by atoms with Gasteiger partial charge in [-0.05, 0) is 41.0 Å². The van der Waals surface area contributed by atoms with Crippen molar-refractivity contribution in [2.24, 2.45) is 0 Å². The smallest absolute Gasteiger partial charge is 0.225 e. The van der Waals surface area contributed by atoms with Gasteiger partial charge in [0.1, 0.15) is 25.6 Å². The summed E-state index contributed by atoms with van der Waals surface area (Å²) in [5.41, 5.74) is 5.49. The molecule has 0 N–H and O–H groups in total. The predicted molar refractivity (Wildman–Crippen MR) is 150 cm³/mol. The van der Waals surface area contributed by atoms with Gasteiger partial charge in [0.2, 0.25) is 11.8 Å². The number of hydrogen-bond donors (Lipinski definition) is 0. The normalized spacial score (nSPS) is 10.4. The maximum absolute atomic E-state index is 6.26. The van der Waals surface area contributed by atoms with Crippen molar-refractivity contribution in [3.63, 3.8) is 0 Å². The summed E-state index contributed by atoms with van der Waals surface area (Å²) in [5.74, 6) is 4.33. The first kappa shape index (κ1) is 24.7. The topological polar surface area (TPSA) is 40.6 Å². The molecule has 1 heterocycles. The number of nitrogens with zero attached hydrogens (tertiary/aromatic N) is 1. The maximum Gasteiger partial charge on any atom is 0.225 e. The van der Waals surface area contributed by atoms with Gasteiger partial charge in [0.15, 0.2) is 0 Å². The fourth-order valence-electron chi connectivity index (χ4n) is 3.97. The van der Waals surface area contributed by atoms with Crippen LogP contribution in [0.5, 0.6) is 17.5 Å². The van der Waals surface area contributed by atoms with Crippen LogP contribution in [0.1, 0.15) is 22.3 Å². The van der Waals surface area contributed by atoms with E-state index in [4.69, 9.17) is 25.6 Å². The maximum atomic E-state index is 6.26. The molecule has 1 aromatic heterocycles. The first-order valence-corrected chi connectivity index (χ1v) is 12.4. The summed E-state index contributed by atoms with van der Waals surface area (Å²) in [6, 6.07) is 39.5. The van der Waals surface area contributed by atoms with E-state index in [9.17, 15) is 0 Å². The zero-order valence-corrected chi connectivity index (χ0v) is 20.9. The molecule has 0 unspecified atom stereocenters. The van der Waals surface area contributed by atoms with Crippen LogP contribution in [0.2, 0.25) is 0 Å². The molecule has 0 aliphatic heterocycles. The Balaban J connectivity index is 1.47. The predicted octanol–water partition coefficient (Wildman–Crippen LogP) is 7.47. The van der Waals surface area contributed by atoms with E-state index in [1.54, 1.807) is 0 Å². The van der Waals surface area contributed by atoms with Crippen molar-refractivity contribution in [1.29, 1.82) is 0 Å². The highest BCUT2D eigenvalue weighted by atomic mass is 16.5. The van der Waals surface area contributed by atoms with E-state index in [0.717, 1.165) is 33.4 Å². The van der Waals surface area contributed by atoms with Crippen molar-refractivity contribution < 1.29 is 14.2 Å². The van der Waals surface area contributed by atoms with Crippen molar-refractivity contribution in [3.05, 3.63) is 144 Å². The highest BCUT2D eigenvalue weighted by Gasteiger charge is 2.16. The quantitative estimate of drug-likeness (QED) is 0.188. The van der Waals surface area contributed by atoms with Crippen LogP contribution in [0.4, 0.5) is 0 Å². The molecule has 4 heteroatoms. The minimum Gasteiger partial charge on any atom is -0.488 e. The third-order valence-electron chi connectivity index (χ3n) is 5.96. The zero-order valence-electron chi connectivity index (χ0n) is 20.9. The van der Waals surface area contributed by atoms with E-state index >= 15 is 0 Å². The number of terminal acetylenes is 1. The van der Waals surface area contributed by atoms with Crippen LogP contribution in [0.25, 0.3) is 11.1 Å². The van der Waals surface area contributed by atoms with Crippen molar-refractivity contribution in [3.8, 4) is 41.0 Å². The lowest BCUT2D eigenvalue weighted by Crippen LogP contribution is -2.03. The Morgan fingerprint density at radius 1 is 0.553 bits per heavy atom. The molecule has 0 radical (unpaired) electrons. The summed E-state index contributed by atoms with van der Waals surface area (Å²) in [5, 5.41) is 0. The van der Waals surface area contributed by atoms with Gasteiger partial charge in [-0.3, -0.25) is 0 Å². The lowest BCUT2D eigenvalue weighted by Gasteiger charge is -2.17. The Bertz CT molecular complexity index is 1510. The van der Waals surface area contributed by atoms with Crippen molar-refractivity contribution >= 4 is 0 Å². The van der Waals surface area contributed by atoms with E-state index in [0.29, 0.717) is 37.3 Å². The van der Waals surface area contributed by atoms with Crippen LogP contribution in [0.15, 0.2) is 121 Å².